The van der Waals surface area contributed by atoms with E-state index in [9.17, 15) is 4.79 Å². The zero-order valence-electron chi connectivity index (χ0n) is 7.22. The van der Waals surface area contributed by atoms with Gasteiger partial charge in [-0.1, -0.05) is 11.2 Å². The highest BCUT2D eigenvalue weighted by Gasteiger charge is 2.29. The minimum absolute atomic E-state index is 0.216. The Morgan fingerprint density at radius 3 is 3.15 bits per heavy atom. The third kappa shape index (κ3) is 2.49. The highest BCUT2D eigenvalue weighted by atomic mass is 16.5. The molecule has 0 aromatic carbocycles. The Morgan fingerprint density at radius 2 is 2.69 bits per heavy atom. The van der Waals surface area contributed by atoms with Crippen molar-refractivity contribution in [3.63, 3.8) is 0 Å². The Balaban J connectivity index is 2.58. The summed E-state index contributed by atoms with van der Waals surface area (Å²) in [6.07, 6.45) is 2.99. The molecule has 0 aromatic heterocycles. The standard InChI is InChI=1S/C8H11N3O2/c1-2-3-6(10-11-9)7-4-5-8(12)13-7/h2,6-7H,1,3-5H2/t6-,7+/m1/s1. The molecule has 1 aliphatic rings. The summed E-state index contributed by atoms with van der Waals surface area (Å²) in [5.41, 5.74) is 8.27. The quantitative estimate of drug-likeness (QED) is 0.218. The molecule has 0 unspecified atom stereocenters. The molecule has 5 nitrogen and oxygen atoms in total. The number of rotatable bonds is 4. The summed E-state index contributed by atoms with van der Waals surface area (Å²) in [7, 11) is 0. The van der Waals surface area contributed by atoms with Crippen molar-refractivity contribution in [1.82, 2.24) is 0 Å². The van der Waals surface area contributed by atoms with Gasteiger partial charge in [0.1, 0.15) is 6.10 Å². The molecule has 1 saturated heterocycles. The summed E-state index contributed by atoms with van der Waals surface area (Å²) in [6.45, 7) is 3.55. The van der Waals surface area contributed by atoms with Gasteiger partial charge in [-0.3, -0.25) is 4.79 Å². The number of carbonyl (C=O) groups excluding carboxylic acids is 1. The van der Waals surface area contributed by atoms with Crippen LogP contribution in [0.15, 0.2) is 17.8 Å². The molecule has 13 heavy (non-hydrogen) atoms. The first kappa shape index (κ1) is 9.61. The van der Waals surface area contributed by atoms with E-state index in [-0.39, 0.29) is 18.1 Å². The molecule has 0 saturated carbocycles. The highest BCUT2D eigenvalue weighted by molar-refractivity contribution is 5.71. The second-order valence-electron chi connectivity index (χ2n) is 2.86. The zero-order valence-corrected chi connectivity index (χ0v) is 7.22. The number of esters is 1. The van der Waals surface area contributed by atoms with Crippen molar-refractivity contribution < 1.29 is 9.53 Å². The van der Waals surface area contributed by atoms with Gasteiger partial charge in [-0.2, -0.15) is 0 Å². The topological polar surface area (TPSA) is 75.1 Å². The molecule has 0 N–H and O–H groups in total. The van der Waals surface area contributed by atoms with Gasteiger partial charge < -0.3 is 4.74 Å². The maximum atomic E-state index is 10.8. The largest absolute Gasteiger partial charge is 0.462 e. The van der Waals surface area contributed by atoms with E-state index < -0.39 is 0 Å². The second-order valence-corrected chi connectivity index (χ2v) is 2.86. The van der Waals surface area contributed by atoms with E-state index in [1.807, 2.05) is 0 Å². The van der Waals surface area contributed by atoms with Gasteiger partial charge in [0.05, 0.1) is 6.04 Å². The molecule has 2 atom stereocenters. The van der Waals surface area contributed by atoms with E-state index in [4.69, 9.17) is 10.3 Å². The van der Waals surface area contributed by atoms with E-state index in [0.717, 1.165) is 0 Å². The van der Waals surface area contributed by atoms with Crippen LogP contribution in [-0.4, -0.2) is 18.1 Å². The summed E-state index contributed by atoms with van der Waals surface area (Å²) in [4.78, 5) is 13.5. The average Bonchev–Trinajstić information content (AvgIpc) is 2.51. The lowest BCUT2D eigenvalue weighted by Gasteiger charge is -2.15. The Hall–Kier alpha value is -1.48. The molecule has 1 rings (SSSR count). The monoisotopic (exact) mass is 181 g/mol. The number of hydrogen-bond donors (Lipinski definition) is 0. The van der Waals surface area contributed by atoms with Gasteiger partial charge in [-0.15, -0.1) is 6.58 Å². The van der Waals surface area contributed by atoms with Crippen molar-refractivity contribution in [2.75, 3.05) is 0 Å². The lowest BCUT2D eigenvalue weighted by Crippen LogP contribution is -2.22. The third-order valence-corrected chi connectivity index (χ3v) is 1.95. The van der Waals surface area contributed by atoms with Gasteiger partial charge in [0.15, 0.2) is 0 Å². The van der Waals surface area contributed by atoms with Crippen LogP contribution in [0.1, 0.15) is 19.3 Å². The minimum atomic E-state index is -0.297. The van der Waals surface area contributed by atoms with Crippen LogP contribution in [0.5, 0.6) is 0 Å². The molecule has 1 heterocycles. The van der Waals surface area contributed by atoms with Crippen molar-refractivity contribution in [3.05, 3.63) is 23.1 Å². The van der Waals surface area contributed by atoms with Gasteiger partial charge in [0.2, 0.25) is 0 Å². The van der Waals surface area contributed by atoms with Crippen LogP contribution in [0.4, 0.5) is 0 Å². The van der Waals surface area contributed by atoms with Gasteiger partial charge >= 0.3 is 5.97 Å². The van der Waals surface area contributed by atoms with E-state index in [0.29, 0.717) is 19.3 Å². The number of nitrogens with zero attached hydrogens (tertiary/aromatic N) is 3. The zero-order chi connectivity index (χ0) is 9.68. The van der Waals surface area contributed by atoms with E-state index in [1.165, 1.54) is 0 Å². The molecule has 0 aliphatic carbocycles. The van der Waals surface area contributed by atoms with Crippen molar-refractivity contribution in [1.29, 1.82) is 0 Å². The van der Waals surface area contributed by atoms with Crippen molar-refractivity contribution in [2.24, 2.45) is 5.11 Å². The fourth-order valence-electron chi connectivity index (χ4n) is 1.33. The van der Waals surface area contributed by atoms with Crippen LogP contribution in [0, 0.1) is 0 Å². The summed E-state index contributed by atoms with van der Waals surface area (Å²) < 4.78 is 4.98. The fraction of sp³-hybridized carbons (Fsp3) is 0.625. The highest BCUT2D eigenvalue weighted by Crippen LogP contribution is 2.21. The molecule has 70 valence electrons. The van der Waals surface area contributed by atoms with Crippen molar-refractivity contribution >= 4 is 5.97 Å². The lowest BCUT2D eigenvalue weighted by molar-refractivity contribution is -0.142. The smallest absolute Gasteiger partial charge is 0.306 e. The van der Waals surface area contributed by atoms with Crippen LogP contribution in [0.2, 0.25) is 0 Å². The molecule has 1 fully saturated rings. The number of ether oxygens (including phenoxy) is 1. The Bertz CT molecular complexity index is 258. The third-order valence-electron chi connectivity index (χ3n) is 1.95. The fourth-order valence-corrected chi connectivity index (χ4v) is 1.33. The number of cyclic esters (lactones) is 1. The Kier molecular flexibility index (Phi) is 3.34. The summed E-state index contributed by atoms with van der Waals surface area (Å²) >= 11 is 0. The first-order valence-electron chi connectivity index (χ1n) is 4.12. The molecule has 0 aromatic rings. The molecule has 0 radical (unpaired) electrons. The number of azide groups is 1. The molecular weight excluding hydrogens is 170 g/mol. The first-order valence-corrected chi connectivity index (χ1v) is 4.12. The van der Waals surface area contributed by atoms with Crippen LogP contribution in [0.3, 0.4) is 0 Å². The first-order chi connectivity index (χ1) is 6.27. The van der Waals surface area contributed by atoms with Gasteiger partial charge in [0, 0.05) is 11.3 Å². The van der Waals surface area contributed by atoms with Gasteiger partial charge in [-0.25, -0.2) is 0 Å². The summed E-state index contributed by atoms with van der Waals surface area (Å²) in [5, 5.41) is 3.56. The van der Waals surface area contributed by atoms with E-state index >= 15 is 0 Å². The SMILES string of the molecule is C=CC[C@@H](N=[N+]=[N-])[C@@H]1CCC(=O)O1. The molecule has 0 spiro atoms. The van der Waals surface area contributed by atoms with Crippen LogP contribution in [0.25, 0.3) is 10.4 Å². The van der Waals surface area contributed by atoms with Crippen LogP contribution in [-0.2, 0) is 9.53 Å². The van der Waals surface area contributed by atoms with Gasteiger partial charge in [0.25, 0.3) is 0 Å². The normalized spacial score (nSPS) is 23.1. The number of carbonyl (C=O) groups is 1. The van der Waals surface area contributed by atoms with Crippen LogP contribution < -0.4 is 0 Å². The lowest BCUT2D eigenvalue weighted by atomic mass is 10.1. The van der Waals surface area contributed by atoms with E-state index in [2.05, 4.69) is 16.6 Å². The second kappa shape index (κ2) is 4.52. The minimum Gasteiger partial charge on any atom is -0.462 e. The van der Waals surface area contributed by atoms with Gasteiger partial charge in [-0.05, 0) is 18.4 Å². The molecular formula is C8H11N3O2. The van der Waals surface area contributed by atoms with Crippen molar-refractivity contribution in [2.45, 2.75) is 31.4 Å². The van der Waals surface area contributed by atoms with Crippen molar-refractivity contribution in [3.8, 4) is 0 Å². The molecule has 1 aliphatic heterocycles. The molecule has 5 heteroatoms. The van der Waals surface area contributed by atoms with Crippen LogP contribution >= 0.6 is 0 Å². The molecule has 0 bridgehead atoms. The predicted molar refractivity (Wildman–Crippen MR) is 46.9 cm³/mol. The Morgan fingerprint density at radius 1 is 1.92 bits per heavy atom. The maximum absolute atomic E-state index is 10.8. The van der Waals surface area contributed by atoms with E-state index in [1.54, 1.807) is 6.08 Å². The molecule has 0 amide bonds. The summed E-state index contributed by atoms with van der Waals surface area (Å²) in [5.74, 6) is -0.216. The Labute approximate surface area is 76.0 Å². The average molecular weight is 181 g/mol. The number of hydrogen-bond acceptors (Lipinski definition) is 3. The maximum Gasteiger partial charge on any atom is 0.306 e. The predicted octanol–water partition coefficient (Wildman–Crippen LogP) is 1.95. The summed E-state index contributed by atoms with van der Waals surface area (Å²) in [6, 6.07) is -0.297.